The Morgan fingerprint density at radius 3 is 2.90 bits per heavy atom. The lowest BCUT2D eigenvalue weighted by molar-refractivity contribution is -0.138. The summed E-state index contributed by atoms with van der Waals surface area (Å²) in [6, 6.07) is 4.23. The number of amides is 2. The van der Waals surface area contributed by atoms with Gasteiger partial charge in [-0.2, -0.15) is 0 Å². The largest absolute Gasteiger partial charge is 0.481 e. The van der Waals surface area contributed by atoms with Crippen LogP contribution >= 0.6 is 0 Å². The number of hydrogen-bond acceptors (Lipinski definition) is 2. The Balaban J connectivity index is 1.96. The number of carbonyl (C=O) groups is 2. The van der Waals surface area contributed by atoms with Crippen LogP contribution in [0.4, 0.5) is 14.9 Å². The number of nitrogens with zero attached hydrogens (tertiary/aromatic N) is 1. The lowest BCUT2D eigenvalue weighted by Crippen LogP contribution is -2.42. The van der Waals surface area contributed by atoms with Crippen LogP contribution in [0.3, 0.4) is 0 Å². The summed E-state index contributed by atoms with van der Waals surface area (Å²) in [5.74, 6) is -1.23. The molecule has 1 fully saturated rings. The van der Waals surface area contributed by atoms with E-state index in [1.807, 2.05) is 0 Å². The lowest BCUT2D eigenvalue weighted by Gasteiger charge is -2.32. The number of carboxylic acid groups (broad SMARTS) is 1. The van der Waals surface area contributed by atoms with E-state index in [1.165, 1.54) is 6.07 Å². The maximum Gasteiger partial charge on any atom is 0.321 e. The van der Waals surface area contributed by atoms with Gasteiger partial charge in [0.05, 0.1) is 0 Å². The van der Waals surface area contributed by atoms with E-state index in [0.717, 1.165) is 12.8 Å². The highest BCUT2D eigenvalue weighted by atomic mass is 19.1. The fraction of sp³-hybridized carbons (Fsp3) is 0.467. The van der Waals surface area contributed by atoms with Crippen LogP contribution in [0, 0.1) is 18.7 Å². The third-order valence-corrected chi connectivity index (χ3v) is 3.69. The Labute approximate surface area is 122 Å². The van der Waals surface area contributed by atoms with Crippen molar-refractivity contribution in [1.82, 2.24) is 4.90 Å². The number of likely N-dealkylation sites (tertiary alicyclic amines) is 1. The van der Waals surface area contributed by atoms with Crippen molar-refractivity contribution >= 4 is 17.7 Å². The molecule has 0 aromatic heterocycles. The fourth-order valence-electron chi connectivity index (χ4n) is 2.54. The van der Waals surface area contributed by atoms with Crippen LogP contribution in [0.2, 0.25) is 0 Å². The zero-order valence-electron chi connectivity index (χ0n) is 11.9. The second-order valence-electron chi connectivity index (χ2n) is 5.45. The number of urea groups is 1. The van der Waals surface area contributed by atoms with Crippen molar-refractivity contribution in [3.63, 3.8) is 0 Å². The molecule has 1 aliphatic rings. The molecule has 0 saturated carbocycles. The highest BCUT2D eigenvalue weighted by Gasteiger charge is 2.25. The van der Waals surface area contributed by atoms with Crippen molar-refractivity contribution in [3.05, 3.63) is 29.6 Å². The Morgan fingerprint density at radius 1 is 1.48 bits per heavy atom. The van der Waals surface area contributed by atoms with E-state index in [4.69, 9.17) is 5.11 Å². The average molecular weight is 294 g/mol. The molecule has 0 aliphatic carbocycles. The zero-order chi connectivity index (χ0) is 15.4. The Hall–Kier alpha value is -2.11. The van der Waals surface area contributed by atoms with Crippen LogP contribution in [0.25, 0.3) is 0 Å². The molecule has 0 radical (unpaired) electrons. The molecule has 1 unspecified atom stereocenters. The first-order valence-corrected chi connectivity index (χ1v) is 6.99. The van der Waals surface area contributed by atoms with Crippen LogP contribution in [0.15, 0.2) is 18.2 Å². The molecule has 1 aliphatic heterocycles. The molecule has 1 heterocycles. The van der Waals surface area contributed by atoms with Gasteiger partial charge in [-0.3, -0.25) is 4.79 Å². The van der Waals surface area contributed by atoms with Gasteiger partial charge in [-0.15, -0.1) is 0 Å². The number of aryl methyl sites for hydroxylation is 1. The fourth-order valence-corrected chi connectivity index (χ4v) is 2.54. The van der Waals surface area contributed by atoms with Crippen LogP contribution in [-0.2, 0) is 4.79 Å². The van der Waals surface area contributed by atoms with Gasteiger partial charge < -0.3 is 15.3 Å². The minimum absolute atomic E-state index is 0.0169. The van der Waals surface area contributed by atoms with E-state index in [1.54, 1.807) is 24.0 Å². The van der Waals surface area contributed by atoms with Crippen LogP contribution in [-0.4, -0.2) is 35.1 Å². The first kappa shape index (κ1) is 15.3. The Kier molecular flexibility index (Phi) is 4.77. The highest BCUT2D eigenvalue weighted by Crippen LogP contribution is 2.21. The van der Waals surface area contributed by atoms with Gasteiger partial charge in [0, 0.05) is 25.2 Å². The molecular formula is C15H19FN2O3. The third-order valence-electron chi connectivity index (χ3n) is 3.69. The third kappa shape index (κ3) is 4.18. The number of piperidine rings is 1. The minimum Gasteiger partial charge on any atom is -0.481 e. The topological polar surface area (TPSA) is 69.6 Å². The van der Waals surface area contributed by atoms with E-state index in [0.29, 0.717) is 24.3 Å². The smallest absolute Gasteiger partial charge is 0.321 e. The summed E-state index contributed by atoms with van der Waals surface area (Å²) < 4.78 is 13.4. The van der Waals surface area contributed by atoms with Gasteiger partial charge in [-0.05, 0) is 43.4 Å². The van der Waals surface area contributed by atoms with Crippen molar-refractivity contribution in [2.75, 3.05) is 18.4 Å². The van der Waals surface area contributed by atoms with Crippen molar-refractivity contribution < 1.29 is 19.1 Å². The summed E-state index contributed by atoms with van der Waals surface area (Å²) in [4.78, 5) is 24.5. The van der Waals surface area contributed by atoms with Crippen molar-refractivity contribution in [1.29, 1.82) is 0 Å². The molecule has 1 saturated heterocycles. The molecule has 1 aromatic carbocycles. The second-order valence-corrected chi connectivity index (χ2v) is 5.45. The Morgan fingerprint density at radius 2 is 2.24 bits per heavy atom. The quantitative estimate of drug-likeness (QED) is 0.900. The van der Waals surface area contributed by atoms with Gasteiger partial charge >= 0.3 is 12.0 Å². The standard InChI is InChI=1S/C15H19FN2O3/c1-10-4-5-12(8-13(10)16)17-15(21)18-6-2-3-11(9-18)7-14(19)20/h4-5,8,11H,2-3,6-7,9H2,1H3,(H,17,21)(H,19,20). The van der Waals surface area contributed by atoms with Gasteiger partial charge in [-0.25, -0.2) is 9.18 Å². The van der Waals surface area contributed by atoms with Crippen molar-refractivity contribution in [2.24, 2.45) is 5.92 Å². The summed E-state index contributed by atoms with van der Waals surface area (Å²) in [5.41, 5.74) is 0.927. The maximum atomic E-state index is 13.4. The molecule has 2 N–H and O–H groups in total. The van der Waals surface area contributed by atoms with E-state index in [2.05, 4.69) is 5.32 Å². The van der Waals surface area contributed by atoms with E-state index in [9.17, 15) is 14.0 Å². The Bertz CT molecular complexity index is 548. The summed E-state index contributed by atoms with van der Waals surface area (Å²) in [7, 11) is 0. The molecule has 2 rings (SSSR count). The first-order valence-electron chi connectivity index (χ1n) is 6.99. The average Bonchev–Trinajstić information content (AvgIpc) is 2.42. The highest BCUT2D eigenvalue weighted by molar-refractivity contribution is 5.89. The number of anilines is 1. The summed E-state index contributed by atoms with van der Waals surface area (Å²) in [6.07, 6.45) is 1.67. The molecule has 0 spiro atoms. The molecule has 5 nitrogen and oxygen atoms in total. The molecule has 1 atom stereocenters. The molecular weight excluding hydrogens is 275 g/mol. The number of rotatable bonds is 3. The summed E-state index contributed by atoms with van der Waals surface area (Å²) in [6.45, 7) is 2.67. The second kappa shape index (κ2) is 6.56. The minimum atomic E-state index is -0.845. The van der Waals surface area contributed by atoms with Crippen LogP contribution < -0.4 is 5.32 Å². The number of carbonyl (C=O) groups excluding carboxylic acids is 1. The molecule has 6 heteroatoms. The number of nitrogens with one attached hydrogen (secondary N) is 1. The van der Waals surface area contributed by atoms with E-state index in [-0.39, 0.29) is 24.2 Å². The molecule has 2 amide bonds. The number of benzene rings is 1. The van der Waals surface area contributed by atoms with E-state index >= 15 is 0 Å². The normalized spacial score (nSPS) is 18.4. The van der Waals surface area contributed by atoms with E-state index < -0.39 is 5.97 Å². The van der Waals surface area contributed by atoms with Crippen molar-refractivity contribution in [2.45, 2.75) is 26.2 Å². The van der Waals surface area contributed by atoms with Crippen LogP contribution in [0.1, 0.15) is 24.8 Å². The molecule has 0 bridgehead atoms. The molecule has 114 valence electrons. The summed E-state index contributed by atoms with van der Waals surface area (Å²) in [5, 5.41) is 11.5. The number of hydrogen-bond donors (Lipinski definition) is 2. The molecule has 21 heavy (non-hydrogen) atoms. The molecule has 1 aromatic rings. The van der Waals surface area contributed by atoms with Gasteiger partial charge in [0.2, 0.25) is 0 Å². The predicted octanol–water partition coefficient (Wildman–Crippen LogP) is 2.85. The van der Waals surface area contributed by atoms with Gasteiger partial charge in [0.25, 0.3) is 0 Å². The number of halogens is 1. The van der Waals surface area contributed by atoms with Crippen LogP contribution in [0.5, 0.6) is 0 Å². The predicted molar refractivity (Wildman–Crippen MR) is 76.7 cm³/mol. The number of carboxylic acids is 1. The van der Waals surface area contributed by atoms with Gasteiger partial charge in [0.1, 0.15) is 5.82 Å². The zero-order valence-corrected chi connectivity index (χ0v) is 11.9. The number of aliphatic carboxylic acids is 1. The van der Waals surface area contributed by atoms with Crippen molar-refractivity contribution in [3.8, 4) is 0 Å². The maximum absolute atomic E-state index is 13.4. The monoisotopic (exact) mass is 294 g/mol. The SMILES string of the molecule is Cc1ccc(NC(=O)N2CCCC(CC(=O)O)C2)cc1F. The first-order chi connectivity index (χ1) is 9.95. The summed E-state index contributed by atoms with van der Waals surface area (Å²) >= 11 is 0. The lowest BCUT2D eigenvalue weighted by atomic mass is 9.95. The van der Waals surface area contributed by atoms with Gasteiger partial charge in [0.15, 0.2) is 0 Å². The van der Waals surface area contributed by atoms with Gasteiger partial charge in [-0.1, -0.05) is 6.07 Å².